The molecule has 0 aliphatic carbocycles. The van der Waals surface area contributed by atoms with Crippen molar-refractivity contribution in [3.05, 3.63) is 17.5 Å². The molecule has 1 atom stereocenters. The highest BCUT2D eigenvalue weighted by Crippen LogP contribution is 2.23. The van der Waals surface area contributed by atoms with Gasteiger partial charge >= 0.3 is 0 Å². The van der Waals surface area contributed by atoms with Crippen LogP contribution < -0.4 is 10.6 Å². The number of hydrogen-bond acceptors (Lipinski definition) is 4. The number of aromatic nitrogens is 2. The smallest absolute Gasteiger partial charge is 0.240 e. The number of carbonyl (C=O) groups excluding carboxylic acids is 1. The summed E-state index contributed by atoms with van der Waals surface area (Å²) < 4.78 is 0. The molecule has 1 fully saturated rings. The van der Waals surface area contributed by atoms with Gasteiger partial charge in [0.2, 0.25) is 11.2 Å². The lowest BCUT2D eigenvalue weighted by molar-refractivity contribution is -0.119. The predicted octanol–water partition coefficient (Wildman–Crippen LogP) is 0.584. The zero-order chi connectivity index (χ0) is 10.8. The van der Waals surface area contributed by atoms with E-state index in [9.17, 15) is 4.79 Å². The molecule has 0 aromatic carbocycles. The first kappa shape index (κ1) is 10.2. The Morgan fingerprint density at radius 3 is 3.13 bits per heavy atom. The van der Waals surface area contributed by atoms with E-state index < -0.39 is 0 Å². The van der Waals surface area contributed by atoms with Crippen LogP contribution in [-0.2, 0) is 4.79 Å². The Morgan fingerprint density at radius 1 is 1.67 bits per heavy atom. The molecule has 2 rings (SSSR count). The first-order valence-electron chi connectivity index (χ1n) is 4.73. The van der Waals surface area contributed by atoms with E-state index in [0.29, 0.717) is 5.82 Å². The zero-order valence-electron chi connectivity index (χ0n) is 8.06. The van der Waals surface area contributed by atoms with Crippen LogP contribution in [0.25, 0.3) is 0 Å². The van der Waals surface area contributed by atoms with Crippen molar-refractivity contribution in [2.24, 2.45) is 5.73 Å². The topological polar surface area (TPSA) is 72.1 Å². The monoisotopic (exact) mass is 226 g/mol. The molecule has 0 bridgehead atoms. The van der Waals surface area contributed by atoms with Gasteiger partial charge in [0.15, 0.2) is 0 Å². The van der Waals surface area contributed by atoms with E-state index in [2.05, 4.69) is 9.97 Å². The summed E-state index contributed by atoms with van der Waals surface area (Å²) in [6.45, 7) is 0.779. The average molecular weight is 227 g/mol. The molecule has 1 saturated heterocycles. The summed E-state index contributed by atoms with van der Waals surface area (Å²) in [4.78, 5) is 20.9. The largest absolute Gasteiger partial charge is 0.368 e. The molecule has 1 aliphatic heterocycles. The van der Waals surface area contributed by atoms with Crippen LogP contribution in [0.2, 0.25) is 5.28 Å². The fourth-order valence-corrected chi connectivity index (χ4v) is 1.97. The van der Waals surface area contributed by atoms with Crippen LogP contribution in [0.1, 0.15) is 12.8 Å². The van der Waals surface area contributed by atoms with Crippen LogP contribution in [-0.4, -0.2) is 28.5 Å². The molecule has 0 radical (unpaired) electrons. The Labute approximate surface area is 92.3 Å². The second-order valence-corrected chi connectivity index (χ2v) is 3.78. The Hall–Kier alpha value is -1.36. The minimum absolute atomic E-state index is 0.183. The lowest BCUT2D eigenvalue weighted by atomic mass is 10.2. The van der Waals surface area contributed by atoms with Gasteiger partial charge in [0.1, 0.15) is 11.9 Å². The molecule has 2 N–H and O–H groups in total. The summed E-state index contributed by atoms with van der Waals surface area (Å²) >= 11 is 5.69. The second-order valence-electron chi connectivity index (χ2n) is 3.44. The number of amides is 1. The van der Waals surface area contributed by atoms with Gasteiger partial charge < -0.3 is 10.6 Å². The molecule has 15 heavy (non-hydrogen) atoms. The van der Waals surface area contributed by atoms with Gasteiger partial charge in [-0.2, -0.15) is 0 Å². The van der Waals surface area contributed by atoms with Crippen molar-refractivity contribution in [1.82, 2.24) is 9.97 Å². The number of rotatable bonds is 2. The van der Waals surface area contributed by atoms with Gasteiger partial charge in [0, 0.05) is 12.7 Å². The fraction of sp³-hybridized carbons (Fsp3) is 0.444. The van der Waals surface area contributed by atoms with Gasteiger partial charge in [0.25, 0.3) is 0 Å². The van der Waals surface area contributed by atoms with E-state index in [1.807, 2.05) is 4.90 Å². The molecule has 1 aromatic heterocycles. The second kappa shape index (κ2) is 4.02. The number of nitrogens with zero attached hydrogens (tertiary/aromatic N) is 3. The molecule has 1 aliphatic rings. The molecule has 0 spiro atoms. The Balaban J connectivity index is 2.26. The summed E-state index contributed by atoms with van der Waals surface area (Å²) in [6, 6.07) is 1.46. The van der Waals surface area contributed by atoms with Gasteiger partial charge in [-0.15, -0.1) is 0 Å². The summed E-state index contributed by atoms with van der Waals surface area (Å²) in [5, 5.41) is 0.183. The van der Waals surface area contributed by atoms with Crippen molar-refractivity contribution < 1.29 is 4.79 Å². The van der Waals surface area contributed by atoms with Crippen molar-refractivity contribution in [3.63, 3.8) is 0 Å². The number of carbonyl (C=O) groups is 1. The maximum absolute atomic E-state index is 11.2. The SMILES string of the molecule is NC(=O)[C@@H]1CCCN1c1ccnc(Cl)n1. The zero-order valence-corrected chi connectivity index (χ0v) is 8.81. The maximum atomic E-state index is 11.2. The highest BCUT2D eigenvalue weighted by atomic mass is 35.5. The molecular weight excluding hydrogens is 216 g/mol. The number of primary amides is 1. The summed E-state index contributed by atoms with van der Waals surface area (Å²) in [5.41, 5.74) is 5.31. The minimum Gasteiger partial charge on any atom is -0.368 e. The van der Waals surface area contributed by atoms with Crippen molar-refractivity contribution >= 4 is 23.3 Å². The molecule has 80 valence electrons. The summed E-state index contributed by atoms with van der Waals surface area (Å²) in [6.07, 6.45) is 3.28. The Kier molecular flexibility index (Phi) is 2.73. The molecule has 1 amide bonds. The van der Waals surface area contributed by atoms with Crippen LogP contribution in [0.5, 0.6) is 0 Å². The number of nitrogens with two attached hydrogens (primary N) is 1. The highest BCUT2D eigenvalue weighted by molar-refractivity contribution is 6.28. The number of hydrogen-bond donors (Lipinski definition) is 1. The van der Waals surface area contributed by atoms with E-state index in [-0.39, 0.29) is 17.2 Å². The van der Waals surface area contributed by atoms with Crippen LogP contribution in [0, 0.1) is 0 Å². The fourth-order valence-electron chi connectivity index (χ4n) is 1.82. The van der Waals surface area contributed by atoms with Gasteiger partial charge in [-0.05, 0) is 30.5 Å². The Morgan fingerprint density at radius 2 is 2.47 bits per heavy atom. The molecule has 0 unspecified atom stereocenters. The van der Waals surface area contributed by atoms with Crippen molar-refractivity contribution in [2.75, 3.05) is 11.4 Å². The van der Waals surface area contributed by atoms with Crippen LogP contribution in [0.4, 0.5) is 5.82 Å². The summed E-state index contributed by atoms with van der Waals surface area (Å²) in [7, 11) is 0. The lowest BCUT2D eigenvalue weighted by Crippen LogP contribution is -2.40. The van der Waals surface area contributed by atoms with E-state index >= 15 is 0 Å². The lowest BCUT2D eigenvalue weighted by Gasteiger charge is -2.22. The van der Waals surface area contributed by atoms with Crippen LogP contribution >= 0.6 is 11.6 Å². The standard InChI is InChI=1S/C9H11ClN4O/c10-9-12-4-3-7(13-9)14-5-1-2-6(14)8(11)15/h3-4,6H,1-2,5H2,(H2,11,15)/t6-/m0/s1. The van der Waals surface area contributed by atoms with Crippen LogP contribution in [0.3, 0.4) is 0 Å². The predicted molar refractivity (Wildman–Crippen MR) is 56.6 cm³/mol. The van der Waals surface area contributed by atoms with E-state index in [1.165, 1.54) is 0 Å². The quantitative estimate of drug-likeness (QED) is 0.749. The van der Waals surface area contributed by atoms with E-state index in [1.54, 1.807) is 12.3 Å². The molecular formula is C9H11ClN4O. The maximum Gasteiger partial charge on any atom is 0.240 e. The van der Waals surface area contributed by atoms with Gasteiger partial charge in [0.05, 0.1) is 0 Å². The summed E-state index contributed by atoms with van der Waals surface area (Å²) in [5.74, 6) is 0.346. The van der Waals surface area contributed by atoms with Gasteiger partial charge in [-0.25, -0.2) is 9.97 Å². The highest BCUT2D eigenvalue weighted by Gasteiger charge is 2.29. The molecule has 0 saturated carbocycles. The third kappa shape index (κ3) is 2.02. The normalized spacial score (nSPS) is 20.6. The third-order valence-corrected chi connectivity index (χ3v) is 2.67. The molecule has 2 heterocycles. The number of anilines is 1. The molecule has 6 heteroatoms. The van der Waals surface area contributed by atoms with E-state index in [4.69, 9.17) is 17.3 Å². The average Bonchev–Trinajstić information content (AvgIpc) is 2.65. The van der Waals surface area contributed by atoms with Crippen molar-refractivity contribution in [3.8, 4) is 0 Å². The van der Waals surface area contributed by atoms with Crippen molar-refractivity contribution in [1.29, 1.82) is 0 Å². The number of halogens is 1. The van der Waals surface area contributed by atoms with Crippen molar-refractivity contribution in [2.45, 2.75) is 18.9 Å². The molecule has 5 nitrogen and oxygen atoms in total. The van der Waals surface area contributed by atoms with Gasteiger partial charge in [-0.3, -0.25) is 4.79 Å². The van der Waals surface area contributed by atoms with Crippen LogP contribution in [0.15, 0.2) is 12.3 Å². The third-order valence-electron chi connectivity index (χ3n) is 2.49. The van der Waals surface area contributed by atoms with Gasteiger partial charge in [-0.1, -0.05) is 0 Å². The molecule has 1 aromatic rings. The first-order valence-corrected chi connectivity index (χ1v) is 5.11. The first-order chi connectivity index (χ1) is 7.18. The minimum atomic E-state index is -0.317. The van der Waals surface area contributed by atoms with E-state index in [0.717, 1.165) is 19.4 Å². The Bertz CT molecular complexity index is 384.